The SMILES string of the molecule is COc1ccc(-c2nc(COCC(F)(F)F)no2)c(O)c1. The van der Waals surface area contributed by atoms with Crippen LogP contribution in [0.5, 0.6) is 11.5 Å². The van der Waals surface area contributed by atoms with Crippen LogP contribution in [0, 0.1) is 0 Å². The molecule has 1 heterocycles. The van der Waals surface area contributed by atoms with Crippen LogP contribution in [0.15, 0.2) is 22.7 Å². The molecule has 0 amide bonds. The Morgan fingerprint density at radius 3 is 2.71 bits per heavy atom. The molecule has 21 heavy (non-hydrogen) atoms. The fourth-order valence-electron chi connectivity index (χ4n) is 1.50. The Kier molecular flexibility index (Phi) is 4.32. The summed E-state index contributed by atoms with van der Waals surface area (Å²) in [6.07, 6.45) is -4.42. The quantitative estimate of drug-likeness (QED) is 0.914. The van der Waals surface area contributed by atoms with Crippen molar-refractivity contribution in [2.24, 2.45) is 0 Å². The largest absolute Gasteiger partial charge is 0.507 e. The van der Waals surface area contributed by atoms with Gasteiger partial charge in [0.05, 0.1) is 12.7 Å². The minimum absolute atomic E-state index is 0.0271. The van der Waals surface area contributed by atoms with Gasteiger partial charge in [0.25, 0.3) is 5.89 Å². The first-order valence-corrected chi connectivity index (χ1v) is 5.73. The highest BCUT2D eigenvalue weighted by molar-refractivity contribution is 5.63. The van der Waals surface area contributed by atoms with Gasteiger partial charge in [0, 0.05) is 6.07 Å². The first kappa shape index (κ1) is 15.1. The molecule has 0 fully saturated rings. The molecule has 0 spiro atoms. The van der Waals surface area contributed by atoms with E-state index in [2.05, 4.69) is 14.9 Å². The van der Waals surface area contributed by atoms with Crippen LogP contribution in [0.2, 0.25) is 0 Å². The van der Waals surface area contributed by atoms with Crippen LogP contribution >= 0.6 is 0 Å². The summed E-state index contributed by atoms with van der Waals surface area (Å²) in [6, 6.07) is 4.40. The van der Waals surface area contributed by atoms with Crippen LogP contribution in [0.3, 0.4) is 0 Å². The van der Waals surface area contributed by atoms with Crippen molar-refractivity contribution in [3.63, 3.8) is 0 Å². The molecule has 1 aromatic heterocycles. The summed E-state index contributed by atoms with van der Waals surface area (Å²) >= 11 is 0. The molecule has 9 heteroatoms. The van der Waals surface area contributed by atoms with E-state index in [9.17, 15) is 18.3 Å². The van der Waals surface area contributed by atoms with Crippen molar-refractivity contribution in [3.05, 3.63) is 24.0 Å². The van der Waals surface area contributed by atoms with E-state index in [0.717, 1.165) is 0 Å². The highest BCUT2D eigenvalue weighted by Gasteiger charge is 2.27. The van der Waals surface area contributed by atoms with Crippen LogP contribution in [0.4, 0.5) is 13.2 Å². The molecule has 0 atom stereocenters. The van der Waals surface area contributed by atoms with Crippen molar-refractivity contribution in [1.82, 2.24) is 10.1 Å². The number of phenolic OH excluding ortho intramolecular Hbond substituents is 1. The van der Waals surface area contributed by atoms with Crippen LogP contribution in [0.25, 0.3) is 11.5 Å². The average molecular weight is 304 g/mol. The lowest BCUT2D eigenvalue weighted by atomic mass is 10.2. The van der Waals surface area contributed by atoms with Crippen LogP contribution in [0.1, 0.15) is 5.82 Å². The molecular formula is C12H11F3N2O4. The van der Waals surface area contributed by atoms with Gasteiger partial charge in [-0.3, -0.25) is 0 Å². The number of halogens is 3. The van der Waals surface area contributed by atoms with Gasteiger partial charge in [-0.1, -0.05) is 5.16 Å². The Balaban J connectivity index is 2.06. The number of alkyl halides is 3. The predicted octanol–water partition coefficient (Wildman–Crippen LogP) is 2.53. The third kappa shape index (κ3) is 4.09. The number of rotatable bonds is 5. The smallest absolute Gasteiger partial charge is 0.411 e. The van der Waals surface area contributed by atoms with Gasteiger partial charge >= 0.3 is 6.18 Å². The monoisotopic (exact) mass is 304 g/mol. The molecule has 0 saturated heterocycles. The van der Waals surface area contributed by atoms with Gasteiger partial charge in [-0.05, 0) is 12.1 Å². The topological polar surface area (TPSA) is 77.6 Å². The Hall–Kier alpha value is -2.29. The van der Waals surface area contributed by atoms with E-state index in [1.807, 2.05) is 0 Å². The molecule has 1 N–H and O–H groups in total. The van der Waals surface area contributed by atoms with Crippen molar-refractivity contribution in [2.45, 2.75) is 12.8 Å². The molecule has 0 radical (unpaired) electrons. The minimum Gasteiger partial charge on any atom is -0.507 e. The number of ether oxygens (including phenoxy) is 2. The summed E-state index contributed by atoms with van der Waals surface area (Å²) in [6.45, 7) is -1.84. The van der Waals surface area contributed by atoms with Crippen LogP contribution < -0.4 is 4.74 Å². The lowest BCUT2D eigenvalue weighted by molar-refractivity contribution is -0.177. The van der Waals surface area contributed by atoms with Crippen molar-refractivity contribution in [3.8, 4) is 23.0 Å². The van der Waals surface area contributed by atoms with E-state index in [1.54, 1.807) is 6.07 Å². The number of nitrogens with zero attached hydrogens (tertiary/aromatic N) is 2. The van der Waals surface area contributed by atoms with Crippen molar-refractivity contribution in [1.29, 1.82) is 0 Å². The molecule has 1 aromatic carbocycles. The van der Waals surface area contributed by atoms with Gasteiger partial charge < -0.3 is 19.1 Å². The van der Waals surface area contributed by atoms with Crippen molar-refractivity contribution in [2.75, 3.05) is 13.7 Å². The molecule has 114 valence electrons. The highest BCUT2D eigenvalue weighted by Crippen LogP contribution is 2.31. The zero-order chi connectivity index (χ0) is 15.5. The van der Waals surface area contributed by atoms with Crippen LogP contribution in [-0.2, 0) is 11.3 Å². The van der Waals surface area contributed by atoms with E-state index in [0.29, 0.717) is 5.75 Å². The second-order valence-electron chi connectivity index (χ2n) is 4.01. The third-order valence-electron chi connectivity index (χ3n) is 2.40. The number of hydrogen-bond donors (Lipinski definition) is 1. The molecule has 0 aliphatic carbocycles. The maximum absolute atomic E-state index is 11.9. The van der Waals surface area contributed by atoms with E-state index in [-0.39, 0.29) is 23.0 Å². The first-order chi connectivity index (χ1) is 9.89. The molecular weight excluding hydrogens is 293 g/mol. The third-order valence-corrected chi connectivity index (χ3v) is 2.40. The molecule has 0 bridgehead atoms. The number of benzene rings is 1. The maximum atomic E-state index is 11.9. The summed E-state index contributed by atoms with van der Waals surface area (Å²) in [4.78, 5) is 3.85. The van der Waals surface area contributed by atoms with E-state index >= 15 is 0 Å². The number of aromatic nitrogens is 2. The van der Waals surface area contributed by atoms with E-state index in [4.69, 9.17) is 9.26 Å². The lowest BCUT2D eigenvalue weighted by Gasteiger charge is -2.04. The highest BCUT2D eigenvalue weighted by atomic mass is 19.4. The predicted molar refractivity (Wildman–Crippen MR) is 63.7 cm³/mol. The van der Waals surface area contributed by atoms with E-state index in [1.165, 1.54) is 19.2 Å². The van der Waals surface area contributed by atoms with E-state index < -0.39 is 19.4 Å². The van der Waals surface area contributed by atoms with Gasteiger partial charge in [-0.2, -0.15) is 18.2 Å². The first-order valence-electron chi connectivity index (χ1n) is 5.73. The molecule has 0 aliphatic rings. The number of hydrogen-bond acceptors (Lipinski definition) is 6. The van der Waals surface area contributed by atoms with Gasteiger partial charge in [0.2, 0.25) is 0 Å². The molecule has 0 unspecified atom stereocenters. The zero-order valence-corrected chi connectivity index (χ0v) is 10.8. The Bertz CT molecular complexity index is 613. The Morgan fingerprint density at radius 1 is 1.33 bits per heavy atom. The van der Waals surface area contributed by atoms with Crippen molar-refractivity contribution >= 4 is 0 Å². The van der Waals surface area contributed by atoms with Gasteiger partial charge in [-0.25, -0.2) is 0 Å². The summed E-state index contributed by atoms with van der Waals surface area (Å²) < 4.78 is 50.0. The lowest BCUT2D eigenvalue weighted by Crippen LogP contribution is -2.16. The fourth-order valence-corrected chi connectivity index (χ4v) is 1.50. The second kappa shape index (κ2) is 6.00. The number of phenols is 1. The van der Waals surface area contributed by atoms with Crippen LogP contribution in [-0.4, -0.2) is 35.1 Å². The summed E-state index contributed by atoms with van der Waals surface area (Å²) in [5.74, 6) is 0.204. The molecule has 6 nitrogen and oxygen atoms in total. The Labute approximate surface area is 117 Å². The normalized spacial score (nSPS) is 11.6. The molecule has 2 aromatic rings. The van der Waals surface area contributed by atoms with Gasteiger partial charge in [-0.15, -0.1) is 0 Å². The number of methoxy groups -OCH3 is 1. The molecule has 2 rings (SSSR count). The van der Waals surface area contributed by atoms with Gasteiger partial charge in [0.1, 0.15) is 24.7 Å². The summed E-state index contributed by atoms with van der Waals surface area (Å²) in [7, 11) is 1.44. The number of aromatic hydroxyl groups is 1. The standard InChI is InChI=1S/C12H11F3N2O4/c1-19-7-2-3-8(9(18)4-7)11-16-10(17-21-11)5-20-6-12(13,14)15/h2-4,18H,5-6H2,1H3. The average Bonchev–Trinajstić information content (AvgIpc) is 2.85. The fraction of sp³-hybridized carbons (Fsp3) is 0.333. The second-order valence-corrected chi connectivity index (χ2v) is 4.01. The summed E-state index contributed by atoms with van der Waals surface area (Å²) in [5.41, 5.74) is 0.241. The van der Waals surface area contributed by atoms with Crippen molar-refractivity contribution < 1.29 is 32.3 Å². The Morgan fingerprint density at radius 2 is 2.10 bits per heavy atom. The molecule has 0 aliphatic heterocycles. The minimum atomic E-state index is -4.42. The summed E-state index contributed by atoms with van der Waals surface area (Å²) in [5, 5.41) is 13.3. The molecule has 0 saturated carbocycles. The zero-order valence-electron chi connectivity index (χ0n) is 10.8. The maximum Gasteiger partial charge on any atom is 0.411 e. The van der Waals surface area contributed by atoms with Gasteiger partial charge in [0.15, 0.2) is 5.82 Å².